The quantitative estimate of drug-likeness (QED) is 0.515. The van der Waals surface area contributed by atoms with Gasteiger partial charge >= 0.3 is 0 Å². The number of rotatable bonds is 4. The topological polar surface area (TPSA) is 17.3 Å². The zero-order chi connectivity index (χ0) is 17.9. The summed E-state index contributed by atoms with van der Waals surface area (Å²) in [4.78, 5) is 5.09. The van der Waals surface area contributed by atoms with Crippen LogP contribution in [0.15, 0.2) is 91.6 Å². The van der Waals surface area contributed by atoms with Crippen molar-refractivity contribution in [2.24, 2.45) is 0 Å². The van der Waals surface area contributed by atoms with Gasteiger partial charge in [-0.1, -0.05) is 79.5 Å². The molecule has 2 aromatic heterocycles. The maximum atomic E-state index is 5.09. The van der Waals surface area contributed by atoms with E-state index in [4.69, 9.17) is 4.98 Å². The molecule has 2 heterocycles. The molecule has 0 spiro atoms. The Labute approximate surface area is 154 Å². The molecule has 0 fully saturated rings. The second-order valence-electron chi connectivity index (χ2n) is 6.44. The van der Waals surface area contributed by atoms with Gasteiger partial charge in [-0.2, -0.15) is 0 Å². The van der Waals surface area contributed by atoms with Crippen molar-refractivity contribution in [2.75, 3.05) is 0 Å². The van der Waals surface area contributed by atoms with Crippen LogP contribution in [0.2, 0.25) is 0 Å². The highest BCUT2D eigenvalue weighted by atomic mass is 15.0. The molecular formula is C24H22N2. The van der Waals surface area contributed by atoms with Crippen LogP contribution in [0.1, 0.15) is 30.8 Å². The van der Waals surface area contributed by atoms with E-state index in [2.05, 4.69) is 77.8 Å². The molecule has 0 radical (unpaired) electrons. The molecule has 0 amide bonds. The summed E-state index contributed by atoms with van der Waals surface area (Å²) >= 11 is 0. The first-order valence-electron chi connectivity index (χ1n) is 9.02. The third-order valence-corrected chi connectivity index (χ3v) is 4.82. The molecule has 1 atom stereocenters. The number of allylic oxidation sites excluding steroid dienone is 9. The number of benzene rings is 1. The Hall–Kier alpha value is -3.13. The molecule has 0 N–H and O–H groups in total. The van der Waals surface area contributed by atoms with Crippen LogP contribution in [0.5, 0.6) is 0 Å². The fourth-order valence-corrected chi connectivity index (χ4v) is 3.54. The van der Waals surface area contributed by atoms with Gasteiger partial charge in [0.1, 0.15) is 5.82 Å². The summed E-state index contributed by atoms with van der Waals surface area (Å²) in [6.45, 7) is 6.03. The minimum Gasteiger partial charge on any atom is -0.292 e. The number of fused-ring (bicyclic) bond motifs is 3. The fraction of sp³-hybridized carbons (Fsp3) is 0.125. The Bertz CT molecular complexity index is 1090. The first-order valence-corrected chi connectivity index (χ1v) is 9.02. The van der Waals surface area contributed by atoms with Gasteiger partial charge in [0, 0.05) is 11.5 Å². The Kier molecular flexibility index (Phi) is 4.40. The number of aromatic nitrogens is 2. The first kappa shape index (κ1) is 16.3. The molecule has 4 rings (SSSR count). The molecule has 1 aliphatic rings. The number of imidazole rings is 1. The smallest absolute Gasteiger partial charge is 0.145 e. The molecule has 1 aromatic carbocycles. The van der Waals surface area contributed by atoms with Gasteiger partial charge in [0.05, 0.1) is 16.7 Å². The van der Waals surface area contributed by atoms with Gasteiger partial charge in [0.15, 0.2) is 0 Å². The Morgan fingerprint density at radius 1 is 1.15 bits per heavy atom. The number of para-hydroxylation sites is 1. The lowest BCUT2D eigenvalue weighted by atomic mass is 9.96. The van der Waals surface area contributed by atoms with E-state index in [1.807, 2.05) is 25.2 Å². The number of pyridine rings is 1. The van der Waals surface area contributed by atoms with Crippen molar-refractivity contribution in [1.29, 1.82) is 0 Å². The zero-order valence-electron chi connectivity index (χ0n) is 15.0. The average Bonchev–Trinajstić information content (AvgIpc) is 3.09. The summed E-state index contributed by atoms with van der Waals surface area (Å²) in [5, 5.41) is 1.21. The molecule has 128 valence electrons. The fourth-order valence-electron chi connectivity index (χ4n) is 3.54. The number of hydrogen-bond donors (Lipinski definition) is 0. The lowest BCUT2D eigenvalue weighted by Crippen LogP contribution is -1.97. The molecule has 2 nitrogen and oxygen atoms in total. The van der Waals surface area contributed by atoms with Gasteiger partial charge in [-0.15, -0.1) is 0 Å². The van der Waals surface area contributed by atoms with Crippen LogP contribution in [0.4, 0.5) is 0 Å². The minimum atomic E-state index is 0.303. The highest BCUT2D eigenvalue weighted by Crippen LogP contribution is 2.32. The predicted molar refractivity (Wildman–Crippen MR) is 111 cm³/mol. The Morgan fingerprint density at radius 2 is 2.04 bits per heavy atom. The Morgan fingerprint density at radius 3 is 2.81 bits per heavy atom. The van der Waals surface area contributed by atoms with Crippen molar-refractivity contribution in [3.8, 4) is 0 Å². The molecule has 1 aliphatic carbocycles. The first-order chi connectivity index (χ1) is 12.8. The molecule has 1 unspecified atom stereocenters. The summed E-state index contributed by atoms with van der Waals surface area (Å²) < 4.78 is 2.27. The normalized spacial score (nSPS) is 17.6. The van der Waals surface area contributed by atoms with E-state index in [0.717, 1.165) is 29.0 Å². The van der Waals surface area contributed by atoms with Crippen LogP contribution in [0.25, 0.3) is 22.0 Å². The standard InChI is InChI=1S/C24H22N2/c1-3-5-11-18(4-2)24-25-23(20-13-7-6-8-14-20)22-17-16-19-12-9-10-15-21(19)26(22)24/h3-13,15-17,20H,2,14H2,1H3/b5-3-,18-11+. The molecule has 2 heteroatoms. The molecule has 0 saturated heterocycles. The maximum absolute atomic E-state index is 5.09. The van der Waals surface area contributed by atoms with E-state index in [1.165, 1.54) is 10.9 Å². The van der Waals surface area contributed by atoms with Crippen LogP contribution in [-0.4, -0.2) is 9.38 Å². The van der Waals surface area contributed by atoms with E-state index in [1.54, 1.807) is 0 Å². The van der Waals surface area contributed by atoms with E-state index in [0.29, 0.717) is 5.92 Å². The van der Waals surface area contributed by atoms with E-state index < -0.39 is 0 Å². The van der Waals surface area contributed by atoms with Gasteiger partial charge in [-0.25, -0.2) is 4.98 Å². The number of hydrogen-bond acceptors (Lipinski definition) is 1. The minimum absolute atomic E-state index is 0.303. The number of nitrogens with zero attached hydrogens (tertiary/aromatic N) is 2. The second kappa shape index (κ2) is 7.01. The highest BCUT2D eigenvalue weighted by Gasteiger charge is 2.20. The summed E-state index contributed by atoms with van der Waals surface area (Å²) in [6, 6.07) is 12.8. The molecule has 0 bridgehead atoms. The van der Waals surface area contributed by atoms with Crippen LogP contribution in [0.3, 0.4) is 0 Å². The third kappa shape index (κ3) is 2.74. The predicted octanol–water partition coefficient (Wildman–Crippen LogP) is 6.23. The largest absolute Gasteiger partial charge is 0.292 e. The van der Waals surface area contributed by atoms with Crippen molar-refractivity contribution in [2.45, 2.75) is 19.3 Å². The van der Waals surface area contributed by atoms with Crippen LogP contribution in [0, 0.1) is 0 Å². The lowest BCUT2D eigenvalue weighted by Gasteiger charge is -2.11. The van der Waals surface area contributed by atoms with Crippen LogP contribution < -0.4 is 0 Å². The van der Waals surface area contributed by atoms with Crippen molar-refractivity contribution >= 4 is 22.0 Å². The Balaban J connectivity index is 2.06. The van der Waals surface area contributed by atoms with Gasteiger partial charge in [-0.05, 0) is 30.9 Å². The SMILES string of the molecule is C=C/C(=C\C=C/C)c1nc(C2C=CC=CC2)c2ccc3ccccc3n12. The molecule has 3 aromatic rings. The van der Waals surface area contributed by atoms with E-state index in [-0.39, 0.29) is 0 Å². The molecule has 26 heavy (non-hydrogen) atoms. The average molecular weight is 338 g/mol. The van der Waals surface area contributed by atoms with E-state index >= 15 is 0 Å². The summed E-state index contributed by atoms with van der Waals surface area (Å²) in [6.07, 6.45) is 17.7. The van der Waals surface area contributed by atoms with Gasteiger partial charge < -0.3 is 0 Å². The summed E-state index contributed by atoms with van der Waals surface area (Å²) in [7, 11) is 0. The van der Waals surface area contributed by atoms with E-state index in [9.17, 15) is 0 Å². The van der Waals surface area contributed by atoms with Crippen molar-refractivity contribution in [1.82, 2.24) is 9.38 Å². The van der Waals surface area contributed by atoms with Gasteiger partial charge in [0.2, 0.25) is 0 Å². The van der Waals surface area contributed by atoms with Gasteiger partial charge in [-0.3, -0.25) is 4.40 Å². The highest BCUT2D eigenvalue weighted by molar-refractivity contribution is 5.86. The lowest BCUT2D eigenvalue weighted by molar-refractivity contribution is 0.830. The molecular weight excluding hydrogens is 316 g/mol. The van der Waals surface area contributed by atoms with Crippen molar-refractivity contribution in [3.63, 3.8) is 0 Å². The molecule has 0 aliphatic heterocycles. The third-order valence-electron chi connectivity index (χ3n) is 4.82. The monoisotopic (exact) mass is 338 g/mol. The van der Waals surface area contributed by atoms with Gasteiger partial charge in [0.25, 0.3) is 0 Å². The zero-order valence-corrected chi connectivity index (χ0v) is 15.0. The van der Waals surface area contributed by atoms with Crippen LogP contribution in [-0.2, 0) is 0 Å². The van der Waals surface area contributed by atoms with Crippen molar-refractivity contribution in [3.05, 3.63) is 103 Å². The van der Waals surface area contributed by atoms with Crippen molar-refractivity contribution < 1.29 is 0 Å². The summed E-state index contributed by atoms with van der Waals surface area (Å²) in [5.74, 6) is 1.25. The second-order valence-corrected chi connectivity index (χ2v) is 6.44. The molecule has 0 saturated carbocycles. The maximum Gasteiger partial charge on any atom is 0.145 e. The summed E-state index contributed by atoms with van der Waals surface area (Å²) in [5.41, 5.74) is 4.48. The van der Waals surface area contributed by atoms with Crippen LogP contribution >= 0.6 is 0 Å².